The number of nitrogens with zero attached hydrogens (tertiary/aromatic N) is 2. The Labute approximate surface area is 126 Å². The summed E-state index contributed by atoms with van der Waals surface area (Å²) in [6.45, 7) is 9.05. The molecule has 1 aliphatic rings. The molecular weight excluding hydrogens is 260 g/mol. The molecule has 1 fully saturated rings. The molecule has 3 rings (SSSR count). The van der Waals surface area contributed by atoms with Gasteiger partial charge in [-0.05, 0) is 50.4 Å². The van der Waals surface area contributed by atoms with E-state index in [2.05, 4.69) is 52.2 Å². The molecule has 114 valence electrons. The van der Waals surface area contributed by atoms with E-state index < -0.39 is 0 Å². The molecule has 1 saturated heterocycles. The number of likely N-dealkylation sites (tertiary alicyclic amines) is 1. The van der Waals surface area contributed by atoms with E-state index in [1.54, 1.807) is 0 Å². The zero-order valence-corrected chi connectivity index (χ0v) is 13.1. The molecular formula is C17H26N4. The van der Waals surface area contributed by atoms with E-state index in [0.717, 1.165) is 30.3 Å². The molecule has 4 nitrogen and oxygen atoms in total. The molecule has 0 amide bonds. The number of pyridine rings is 1. The van der Waals surface area contributed by atoms with Gasteiger partial charge in [0.15, 0.2) is 0 Å². The van der Waals surface area contributed by atoms with Gasteiger partial charge in [-0.25, -0.2) is 4.98 Å². The molecule has 0 bridgehead atoms. The summed E-state index contributed by atoms with van der Waals surface area (Å²) in [6, 6.07) is 6.89. The van der Waals surface area contributed by atoms with Gasteiger partial charge in [0.1, 0.15) is 5.65 Å². The molecule has 2 aromatic rings. The topological polar surface area (TPSA) is 44.0 Å². The third-order valence-electron chi connectivity index (χ3n) is 4.52. The van der Waals surface area contributed by atoms with Gasteiger partial charge in [0.25, 0.3) is 0 Å². The SMILES string of the molecule is CC1CCCN(C(C)CNCc2ccc3cc[nH]c3n2)C1. The lowest BCUT2D eigenvalue weighted by Gasteiger charge is -2.35. The Morgan fingerprint density at radius 3 is 3.19 bits per heavy atom. The van der Waals surface area contributed by atoms with Crippen LogP contribution in [0.2, 0.25) is 0 Å². The van der Waals surface area contributed by atoms with Crippen molar-refractivity contribution >= 4 is 11.0 Å². The van der Waals surface area contributed by atoms with Gasteiger partial charge in [0, 0.05) is 37.3 Å². The first-order valence-electron chi connectivity index (χ1n) is 8.10. The number of nitrogens with one attached hydrogen (secondary N) is 2. The van der Waals surface area contributed by atoms with Crippen LogP contribution in [0.25, 0.3) is 11.0 Å². The highest BCUT2D eigenvalue weighted by atomic mass is 15.2. The fourth-order valence-electron chi connectivity index (χ4n) is 3.23. The van der Waals surface area contributed by atoms with Crippen molar-refractivity contribution in [1.29, 1.82) is 0 Å². The summed E-state index contributed by atoms with van der Waals surface area (Å²) >= 11 is 0. The molecule has 1 aliphatic heterocycles. The second-order valence-corrected chi connectivity index (χ2v) is 6.44. The van der Waals surface area contributed by atoms with Crippen molar-refractivity contribution in [2.75, 3.05) is 19.6 Å². The van der Waals surface area contributed by atoms with Gasteiger partial charge < -0.3 is 10.3 Å². The molecule has 0 saturated carbocycles. The average molecular weight is 286 g/mol. The van der Waals surface area contributed by atoms with Crippen LogP contribution in [0.15, 0.2) is 24.4 Å². The van der Waals surface area contributed by atoms with Gasteiger partial charge in [-0.1, -0.05) is 6.92 Å². The fraction of sp³-hybridized carbons (Fsp3) is 0.588. The molecule has 2 atom stereocenters. The Balaban J connectivity index is 1.48. The second kappa shape index (κ2) is 6.58. The zero-order chi connectivity index (χ0) is 14.7. The summed E-state index contributed by atoms with van der Waals surface area (Å²) in [5.41, 5.74) is 2.08. The minimum Gasteiger partial charge on any atom is -0.346 e. The van der Waals surface area contributed by atoms with E-state index in [0.29, 0.717) is 6.04 Å². The van der Waals surface area contributed by atoms with Crippen molar-refractivity contribution in [2.24, 2.45) is 5.92 Å². The minimum absolute atomic E-state index is 0.599. The van der Waals surface area contributed by atoms with Crippen LogP contribution in [0, 0.1) is 5.92 Å². The largest absolute Gasteiger partial charge is 0.346 e. The summed E-state index contributed by atoms with van der Waals surface area (Å²) in [4.78, 5) is 10.4. The van der Waals surface area contributed by atoms with E-state index in [9.17, 15) is 0 Å². The highest BCUT2D eigenvalue weighted by Gasteiger charge is 2.20. The normalized spacial score (nSPS) is 21.7. The molecule has 4 heteroatoms. The van der Waals surface area contributed by atoms with Crippen LogP contribution in [-0.2, 0) is 6.54 Å². The lowest BCUT2D eigenvalue weighted by molar-refractivity contribution is 0.136. The predicted octanol–water partition coefficient (Wildman–Crippen LogP) is 2.77. The molecule has 0 aromatic carbocycles. The number of aromatic nitrogens is 2. The summed E-state index contributed by atoms with van der Waals surface area (Å²) < 4.78 is 0. The minimum atomic E-state index is 0.599. The molecule has 2 aromatic heterocycles. The van der Waals surface area contributed by atoms with Gasteiger partial charge >= 0.3 is 0 Å². The van der Waals surface area contributed by atoms with E-state index in [1.807, 2.05) is 6.20 Å². The number of H-pyrrole nitrogens is 1. The Morgan fingerprint density at radius 2 is 2.33 bits per heavy atom. The molecule has 0 aliphatic carbocycles. The van der Waals surface area contributed by atoms with Crippen molar-refractivity contribution in [3.05, 3.63) is 30.1 Å². The number of hydrogen-bond acceptors (Lipinski definition) is 3. The number of rotatable bonds is 5. The van der Waals surface area contributed by atoms with Crippen molar-refractivity contribution in [3.63, 3.8) is 0 Å². The summed E-state index contributed by atoms with van der Waals surface area (Å²) in [5.74, 6) is 0.846. The Hall–Kier alpha value is -1.39. The van der Waals surface area contributed by atoms with E-state index in [-0.39, 0.29) is 0 Å². The molecule has 0 spiro atoms. The smallest absolute Gasteiger partial charge is 0.137 e. The van der Waals surface area contributed by atoms with Crippen LogP contribution in [0.4, 0.5) is 0 Å². The third-order valence-corrected chi connectivity index (χ3v) is 4.52. The molecule has 3 heterocycles. The maximum Gasteiger partial charge on any atom is 0.137 e. The summed E-state index contributed by atoms with van der Waals surface area (Å²) in [7, 11) is 0. The highest BCUT2D eigenvalue weighted by Crippen LogP contribution is 2.17. The lowest BCUT2D eigenvalue weighted by atomic mass is 9.99. The first-order valence-corrected chi connectivity index (χ1v) is 8.10. The van der Waals surface area contributed by atoms with Gasteiger partial charge in [-0.2, -0.15) is 0 Å². The summed E-state index contributed by atoms with van der Waals surface area (Å²) in [5, 5.41) is 4.73. The monoisotopic (exact) mass is 286 g/mol. The Bertz CT molecular complexity index is 577. The van der Waals surface area contributed by atoms with Crippen LogP contribution in [0.5, 0.6) is 0 Å². The summed E-state index contributed by atoms with van der Waals surface area (Å²) in [6.07, 6.45) is 4.67. The standard InChI is InChI=1S/C17H26N4/c1-13-4-3-9-21(12-13)14(2)10-18-11-16-6-5-15-7-8-19-17(15)20-16/h5-8,13-14,18H,3-4,9-12H2,1-2H3,(H,19,20). The first-order chi connectivity index (χ1) is 10.2. The maximum atomic E-state index is 4.62. The lowest BCUT2D eigenvalue weighted by Crippen LogP contribution is -2.45. The highest BCUT2D eigenvalue weighted by molar-refractivity contribution is 5.75. The average Bonchev–Trinajstić information content (AvgIpc) is 2.94. The molecule has 0 radical (unpaired) electrons. The molecule has 21 heavy (non-hydrogen) atoms. The van der Waals surface area contributed by atoms with Crippen molar-refractivity contribution in [2.45, 2.75) is 39.3 Å². The fourth-order valence-corrected chi connectivity index (χ4v) is 3.23. The first kappa shape index (κ1) is 14.5. The van der Waals surface area contributed by atoms with Crippen LogP contribution in [-0.4, -0.2) is 40.5 Å². The second-order valence-electron chi connectivity index (χ2n) is 6.44. The van der Waals surface area contributed by atoms with E-state index >= 15 is 0 Å². The van der Waals surface area contributed by atoms with E-state index in [4.69, 9.17) is 0 Å². The number of piperidine rings is 1. The molecule has 2 unspecified atom stereocenters. The van der Waals surface area contributed by atoms with Crippen LogP contribution in [0.3, 0.4) is 0 Å². The van der Waals surface area contributed by atoms with Gasteiger partial charge in [0.2, 0.25) is 0 Å². The van der Waals surface area contributed by atoms with Crippen LogP contribution >= 0.6 is 0 Å². The van der Waals surface area contributed by atoms with Crippen molar-refractivity contribution < 1.29 is 0 Å². The number of hydrogen-bond donors (Lipinski definition) is 2. The van der Waals surface area contributed by atoms with Gasteiger partial charge in [-0.3, -0.25) is 4.90 Å². The predicted molar refractivity (Wildman–Crippen MR) is 87.2 cm³/mol. The number of fused-ring (bicyclic) bond motifs is 1. The van der Waals surface area contributed by atoms with E-state index in [1.165, 1.54) is 31.3 Å². The van der Waals surface area contributed by atoms with Crippen LogP contribution in [0.1, 0.15) is 32.4 Å². The number of aromatic amines is 1. The molecule has 2 N–H and O–H groups in total. The van der Waals surface area contributed by atoms with Gasteiger partial charge in [0.05, 0.1) is 5.69 Å². The van der Waals surface area contributed by atoms with Crippen molar-refractivity contribution in [3.8, 4) is 0 Å². The van der Waals surface area contributed by atoms with Crippen molar-refractivity contribution in [1.82, 2.24) is 20.2 Å². The third kappa shape index (κ3) is 3.63. The Morgan fingerprint density at radius 1 is 1.43 bits per heavy atom. The van der Waals surface area contributed by atoms with Crippen LogP contribution < -0.4 is 5.32 Å². The zero-order valence-electron chi connectivity index (χ0n) is 13.1. The Kier molecular flexibility index (Phi) is 4.56. The van der Waals surface area contributed by atoms with Gasteiger partial charge in [-0.15, -0.1) is 0 Å². The quantitative estimate of drug-likeness (QED) is 0.888. The maximum absolute atomic E-state index is 4.62.